The molecule has 0 unspecified atom stereocenters. The Kier molecular flexibility index (Phi) is 4.85. The summed E-state index contributed by atoms with van der Waals surface area (Å²) >= 11 is 0. The number of rotatable bonds is 6. The van der Waals surface area contributed by atoms with Gasteiger partial charge in [-0.25, -0.2) is 13.2 Å². The van der Waals surface area contributed by atoms with E-state index >= 15 is 0 Å². The van der Waals surface area contributed by atoms with Crippen LogP contribution in [0.3, 0.4) is 0 Å². The standard InChI is InChI=1S/C11H14F3NO4S/c1-2-4-20(18,19)5-3-15-6-8(10(16)17)9(7-15)11(12,13)14/h6-7H,2-5H2,1H3,(H,16,17). The maximum absolute atomic E-state index is 12.6. The number of hydrogen-bond donors (Lipinski definition) is 1. The largest absolute Gasteiger partial charge is 0.478 e. The molecule has 0 aliphatic rings. The molecule has 0 saturated carbocycles. The van der Waals surface area contributed by atoms with Crippen LogP contribution in [0.4, 0.5) is 13.2 Å². The van der Waals surface area contributed by atoms with Gasteiger partial charge in [0.25, 0.3) is 0 Å². The normalized spacial score (nSPS) is 12.6. The van der Waals surface area contributed by atoms with E-state index in [9.17, 15) is 26.4 Å². The van der Waals surface area contributed by atoms with E-state index in [0.717, 1.165) is 10.8 Å². The molecule has 0 aliphatic heterocycles. The van der Waals surface area contributed by atoms with E-state index in [1.165, 1.54) is 0 Å². The minimum Gasteiger partial charge on any atom is -0.478 e. The lowest BCUT2D eigenvalue weighted by molar-refractivity contribution is -0.138. The van der Waals surface area contributed by atoms with Crippen LogP contribution in [-0.4, -0.2) is 35.6 Å². The van der Waals surface area contributed by atoms with Crippen molar-refractivity contribution in [3.63, 3.8) is 0 Å². The molecule has 0 aromatic carbocycles. The van der Waals surface area contributed by atoms with E-state index in [4.69, 9.17) is 5.11 Å². The maximum Gasteiger partial charge on any atom is 0.418 e. The number of aryl methyl sites for hydroxylation is 1. The fraction of sp³-hybridized carbons (Fsp3) is 0.545. The number of carboxylic acids is 1. The van der Waals surface area contributed by atoms with E-state index in [-0.39, 0.29) is 18.1 Å². The number of halogens is 3. The van der Waals surface area contributed by atoms with Gasteiger partial charge in [-0.2, -0.15) is 13.2 Å². The molecule has 0 saturated heterocycles. The third-order valence-electron chi connectivity index (χ3n) is 2.59. The Balaban J connectivity index is 2.97. The van der Waals surface area contributed by atoms with Gasteiger partial charge in [-0.3, -0.25) is 0 Å². The quantitative estimate of drug-likeness (QED) is 0.872. The monoisotopic (exact) mass is 313 g/mol. The molecule has 0 atom stereocenters. The third-order valence-corrected chi connectivity index (χ3v) is 4.43. The van der Waals surface area contributed by atoms with Gasteiger partial charge in [0.1, 0.15) is 0 Å². The summed E-state index contributed by atoms with van der Waals surface area (Å²) in [7, 11) is -3.34. The number of aromatic nitrogens is 1. The van der Waals surface area contributed by atoms with E-state index in [1.807, 2.05) is 0 Å². The molecule has 0 spiro atoms. The van der Waals surface area contributed by atoms with Crippen LogP contribution < -0.4 is 0 Å². The zero-order valence-corrected chi connectivity index (χ0v) is 11.5. The second kappa shape index (κ2) is 5.86. The maximum atomic E-state index is 12.6. The van der Waals surface area contributed by atoms with Crippen LogP contribution in [0.5, 0.6) is 0 Å². The third kappa shape index (κ3) is 4.26. The summed E-state index contributed by atoms with van der Waals surface area (Å²) in [4.78, 5) is 10.8. The van der Waals surface area contributed by atoms with Crippen molar-refractivity contribution in [3.05, 3.63) is 23.5 Å². The minimum absolute atomic E-state index is 0.0494. The van der Waals surface area contributed by atoms with Gasteiger partial charge in [0.05, 0.1) is 16.9 Å². The van der Waals surface area contributed by atoms with Crippen molar-refractivity contribution in [1.82, 2.24) is 4.57 Å². The molecule has 0 fully saturated rings. The summed E-state index contributed by atoms with van der Waals surface area (Å²) in [5.74, 6) is -2.08. The minimum atomic E-state index is -4.79. The predicted octanol–water partition coefficient (Wildman–Crippen LogP) is 2.03. The first-order valence-electron chi connectivity index (χ1n) is 5.77. The molecule has 1 N–H and O–H groups in total. The second-order valence-corrected chi connectivity index (χ2v) is 6.58. The van der Waals surface area contributed by atoms with Crippen LogP contribution in [0.15, 0.2) is 12.4 Å². The molecule has 1 rings (SSSR count). The topological polar surface area (TPSA) is 76.4 Å². The number of carboxylic acid groups (broad SMARTS) is 1. The van der Waals surface area contributed by atoms with E-state index in [0.29, 0.717) is 12.6 Å². The van der Waals surface area contributed by atoms with Gasteiger partial charge in [-0.1, -0.05) is 6.92 Å². The summed E-state index contributed by atoms with van der Waals surface area (Å²) in [6, 6.07) is 0. The molecule has 5 nitrogen and oxygen atoms in total. The van der Waals surface area contributed by atoms with Crippen molar-refractivity contribution in [2.24, 2.45) is 0 Å². The van der Waals surface area contributed by atoms with Crippen LogP contribution in [0, 0.1) is 0 Å². The molecule has 0 bridgehead atoms. The second-order valence-electron chi connectivity index (χ2n) is 4.28. The molecule has 114 valence electrons. The summed E-state index contributed by atoms with van der Waals surface area (Å²) in [5.41, 5.74) is -2.16. The number of nitrogens with zero attached hydrogens (tertiary/aromatic N) is 1. The van der Waals surface area contributed by atoms with Gasteiger partial charge in [0.15, 0.2) is 9.84 Å². The van der Waals surface area contributed by atoms with Crippen molar-refractivity contribution < 1.29 is 31.5 Å². The van der Waals surface area contributed by atoms with Gasteiger partial charge >= 0.3 is 12.1 Å². The van der Waals surface area contributed by atoms with Crippen molar-refractivity contribution in [1.29, 1.82) is 0 Å². The summed E-state index contributed by atoms with van der Waals surface area (Å²) in [5, 5.41) is 8.72. The first-order chi connectivity index (χ1) is 9.07. The lowest BCUT2D eigenvalue weighted by Gasteiger charge is -2.05. The van der Waals surface area contributed by atoms with Gasteiger partial charge in [0.2, 0.25) is 0 Å². The number of sulfone groups is 1. The molecule has 20 heavy (non-hydrogen) atoms. The zero-order chi connectivity index (χ0) is 15.6. The number of aromatic carboxylic acids is 1. The van der Waals surface area contributed by atoms with E-state index < -0.39 is 33.1 Å². The predicted molar refractivity (Wildman–Crippen MR) is 65.3 cm³/mol. The van der Waals surface area contributed by atoms with Crippen molar-refractivity contribution in [2.45, 2.75) is 26.1 Å². The number of alkyl halides is 3. The summed E-state index contributed by atoms with van der Waals surface area (Å²) < 4.78 is 61.8. The smallest absolute Gasteiger partial charge is 0.418 e. The highest BCUT2D eigenvalue weighted by molar-refractivity contribution is 7.91. The zero-order valence-electron chi connectivity index (χ0n) is 10.6. The molecule has 1 aromatic rings. The number of hydrogen-bond acceptors (Lipinski definition) is 3. The Morgan fingerprint density at radius 2 is 1.90 bits per heavy atom. The van der Waals surface area contributed by atoms with Gasteiger partial charge < -0.3 is 9.67 Å². The van der Waals surface area contributed by atoms with Gasteiger partial charge in [0, 0.05) is 24.7 Å². The Bertz CT molecular complexity index is 589. The van der Waals surface area contributed by atoms with Crippen LogP contribution in [-0.2, 0) is 22.6 Å². The Labute approximate surface area is 113 Å². The molecule has 9 heteroatoms. The fourth-order valence-corrected chi connectivity index (χ4v) is 3.01. The van der Waals surface area contributed by atoms with Crippen molar-refractivity contribution >= 4 is 15.8 Å². The highest BCUT2D eigenvalue weighted by Gasteiger charge is 2.37. The molecule has 1 aromatic heterocycles. The fourth-order valence-electron chi connectivity index (χ4n) is 1.69. The molecule has 0 aliphatic carbocycles. The van der Waals surface area contributed by atoms with E-state index in [1.54, 1.807) is 6.92 Å². The molecule has 1 heterocycles. The summed E-state index contributed by atoms with van der Waals surface area (Å²) in [6.45, 7) is 1.47. The molecular formula is C11H14F3NO4S. The first kappa shape index (κ1) is 16.5. The van der Waals surface area contributed by atoms with Crippen LogP contribution in [0.2, 0.25) is 0 Å². The van der Waals surface area contributed by atoms with Crippen molar-refractivity contribution in [3.8, 4) is 0 Å². The highest BCUT2D eigenvalue weighted by atomic mass is 32.2. The Morgan fingerprint density at radius 1 is 1.30 bits per heavy atom. The molecule has 0 radical (unpaired) electrons. The van der Waals surface area contributed by atoms with Gasteiger partial charge in [-0.15, -0.1) is 0 Å². The Morgan fingerprint density at radius 3 is 2.30 bits per heavy atom. The van der Waals surface area contributed by atoms with Crippen LogP contribution in [0.1, 0.15) is 29.3 Å². The first-order valence-corrected chi connectivity index (χ1v) is 7.59. The van der Waals surface area contributed by atoms with Crippen LogP contribution in [0.25, 0.3) is 0 Å². The molecular weight excluding hydrogens is 299 g/mol. The van der Waals surface area contributed by atoms with E-state index in [2.05, 4.69) is 0 Å². The SMILES string of the molecule is CCCS(=O)(=O)CCn1cc(C(=O)O)c(C(F)(F)F)c1. The van der Waals surface area contributed by atoms with Crippen LogP contribution >= 0.6 is 0 Å². The Hall–Kier alpha value is -1.51. The van der Waals surface area contributed by atoms with Crippen molar-refractivity contribution in [2.75, 3.05) is 11.5 Å². The lowest BCUT2D eigenvalue weighted by atomic mass is 10.2. The molecule has 0 amide bonds. The average molecular weight is 313 g/mol. The lowest BCUT2D eigenvalue weighted by Crippen LogP contribution is -2.15. The average Bonchev–Trinajstić information content (AvgIpc) is 2.70. The highest BCUT2D eigenvalue weighted by Crippen LogP contribution is 2.32. The number of carbonyl (C=O) groups is 1. The van der Waals surface area contributed by atoms with Gasteiger partial charge in [-0.05, 0) is 6.42 Å². The summed E-state index contributed by atoms with van der Waals surface area (Å²) in [6.07, 6.45) is -2.96.